The van der Waals surface area contributed by atoms with E-state index in [0.29, 0.717) is 13.1 Å². The summed E-state index contributed by atoms with van der Waals surface area (Å²) in [5.74, 6) is -0.474. The SMILES string of the molecule is C=CCN(CC(=O)N1CCc2sccc2C1c1ccccc1)C(=O)CCl. The Bertz CT molecular complexity index is 790. The van der Waals surface area contributed by atoms with Crippen molar-refractivity contribution in [3.63, 3.8) is 0 Å². The van der Waals surface area contributed by atoms with Crippen molar-refractivity contribution in [2.75, 3.05) is 25.5 Å². The normalized spacial score (nSPS) is 16.0. The molecule has 1 aliphatic rings. The molecule has 6 heteroatoms. The quantitative estimate of drug-likeness (QED) is 0.561. The highest BCUT2D eigenvalue weighted by molar-refractivity contribution is 7.10. The highest BCUT2D eigenvalue weighted by Crippen LogP contribution is 2.37. The summed E-state index contributed by atoms with van der Waals surface area (Å²) in [5.41, 5.74) is 2.26. The van der Waals surface area contributed by atoms with Crippen molar-refractivity contribution >= 4 is 34.8 Å². The van der Waals surface area contributed by atoms with E-state index < -0.39 is 0 Å². The molecule has 2 aromatic rings. The molecule has 0 bridgehead atoms. The Kier molecular flexibility index (Phi) is 6.12. The number of amides is 2. The highest BCUT2D eigenvalue weighted by Gasteiger charge is 2.33. The number of thiophene rings is 1. The number of halogens is 1. The highest BCUT2D eigenvalue weighted by atomic mass is 35.5. The van der Waals surface area contributed by atoms with Gasteiger partial charge in [-0.3, -0.25) is 9.59 Å². The van der Waals surface area contributed by atoms with Crippen molar-refractivity contribution in [1.29, 1.82) is 0 Å². The van der Waals surface area contributed by atoms with Crippen LogP contribution in [0.25, 0.3) is 0 Å². The van der Waals surface area contributed by atoms with Crippen LogP contribution in [-0.4, -0.2) is 47.1 Å². The first-order valence-electron chi connectivity index (χ1n) is 8.51. The molecule has 1 atom stereocenters. The van der Waals surface area contributed by atoms with Gasteiger partial charge in [-0.15, -0.1) is 29.5 Å². The molecule has 4 nitrogen and oxygen atoms in total. The number of benzene rings is 1. The molecule has 3 rings (SSSR count). The molecule has 0 radical (unpaired) electrons. The van der Waals surface area contributed by atoms with Gasteiger partial charge in [0.1, 0.15) is 12.4 Å². The fourth-order valence-corrected chi connectivity index (χ4v) is 4.40. The predicted molar refractivity (Wildman–Crippen MR) is 106 cm³/mol. The predicted octanol–water partition coefficient (Wildman–Crippen LogP) is 3.48. The molecule has 2 amide bonds. The van der Waals surface area contributed by atoms with Gasteiger partial charge in [-0.05, 0) is 29.0 Å². The summed E-state index contributed by atoms with van der Waals surface area (Å²) in [6.07, 6.45) is 2.45. The molecule has 0 spiro atoms. The number of hydrogen-bond acceptors (Lipinski definition) is 3. The Morgan fingerprint density at radius 1 is 1.31 bits per heavy atom. The number of alkyl halides is 1. The second-order valence-electron chi connectivity index (χ2n) is 6.15. The van der Waals surface area contributed by atoms with E-state index in [9.17, 15) is 9.59 Å². The van der Waals surface area contributed by atoms with Gasteiger partial charge in [0, 0.05) is 18.0 Å². The molecule has 1 aromatic heterocycles. The fraction of sp³-hybridized carbons (Fsp3) is 0.300. The zero-order chi connectivity index (χ0) is 18.5. The second-order valence-corrected chi connectivity index (χ2v) is 7.41. The van der Waals surface area contributed by atoms with Gasteiger partial charge in [-0.25, -0.2) is 0 Å². The van der Waals surface area contributed by atoms with Crippen molar-refractivity contribution < 1.29 is 9.59 Å². The van der Waals surface area contributed by atoms with E-state index in [-0.39, 0.29) is 30.3 Å². The number of rotatable bonds is 6. The van der Waals surface area contributed by atoms with Crippen molar-refractivity contribution in [3.05, 3.63) is 70.4 Å². The van der Waals surface area contributed by atoms with E-state index in [4.69, 9.17) is 11.6 Å². The summed E-state index contributed by atoms with van der Waals surface area (Å²) in [4.78, 5) is 29.7. The first kappa shape index (κ1) is 18.7. The van der Waals surface area contributed by atoms with Crippen LogP contribution in [0.15, 0.2) is 54.4 Å². The van der Waals surface area contributed by atoms with Crippen LogP contribution >= 0.6 is 22.9 Å². The average molecular weight is 389 g/mol. The minimum Gasteiger partial charge on any atom is -0.330 e. The second kappa shape index (κ2) is 8.52. The molecule has 26 heavy (non-hydrogen) atoms. The Labute approximate surface area is 162 Å². The van der Waals surface area contributed by atoms with Crippen LogP contribution < -0.4 is 0 Å². The first-order chi connectivity index (χ1) is 12.7. The van der Waals surface area contributed by atoms with E-state index in [1.54, 1.807) is 17.4 Å². The molecule has 0 saturated heterocycles. The van der Waals surface area contributed by atoms with Crippen LogP contribution in [0.3, 0.4) is 0 Å². The zero-order valence-electron chi connectivity index (χ0n) is 14.4. The molecular formula is C20H21ClN2O2S. The molecule has 2 heterocycles. The van der Waals surface area contributed by atoms with Gasteiger partial charge >= 0.3 is 0 Å². The Morgan fingerprint density at radius 3 is 2.77 bits per heavy atom. The summed E-state index contributed by atoms with van der Waals surface area (Å²) >= 11 is 7.41. The summed E-state index contributed by atoms with van der Waals surface area (Å²) in [7, 11) is 0. The molecule has 0 N–H and O–H groups in total. The number of nitrogens with zero attached hydrogens (tertiary/aromatic N) is 2. The largest absolute Gasteiger partial charge is 0.330 e. The summed E-state index contributed by atoms with van der Waals surface area (Å²) in [6, 6.07) is 12.0. The monoisotopic (exact) mass is 388 g/mol. The number of fused-ring (bicyclic) bond motifs is 1. The first-order valence-corrected chi connectivity index (χ1v) is 9.92. The van der Waals surface area contributed by atoms with Crippen LogP contribution in [0.4, 0.5) is 0 Å². The van der Waals surface area contributed by atoms with Crippen LogP contribution in [0.2, 0.25) is 0 Å². The van der Waals surface area contributed by atoms with E-state index in [0.717, 1.165) is 12.0 Å². The van der Waals surface area contributed by atoms with E-state index in [1.165, 1.54) is 15.3 Å². The standard InChI is InChI=1S/C20H21ClN2O2S/c1-2-10-22(18(24)13-21)14-19(25)23-11-8-17-16(9-12-26-17)20(23)15-6-4-3-5-7-15/h2-7,9,12,20H,1,8,10-11,13-14H2. The van der Waals surface area contributed by atoms with Crippen LogP contribution in [-0.2, 0) is 16.0 Å². The Hall–Kier alpha value is -2.11. The molecule has 1 aliphatic heterocycles. The van der Waals surface area contributed by atoms with Gasteiger partial charge < -0.3 is 9.80 Å². The van der Waals surface area contributed by atoms with Gasteiger partial charge in [0.15, 0.2) is 0 Å². The van der Waals surface area contributed by atoms with E-state index in [1.807, 2.05) is 35.2 Å². The molecule has 0 saturated carbocycles. The maximum Gasteiger partial charge on any atom is 0.243 e. The van der Waals surface area contributed by atoms with Gasteiger partial charge in [-0.1, -0.05) is 36.4 Å². The topological polar surface area (TPSA) is 40.6 Å². The molecule has 0 aliphatic carbocycles. The zero-order valence-corrected chi connectivity index (χ0v) is 16.0. The number of carbonyl (C=O) groups is 2. The van der Waals surface area contributed by atoms with Crippen LogP contribution in [0, 0.1) is 0 Å². The third kappa shape index (κ3) is 3.84. The van der Waals surface area contributed by atoms with Gasteiger partial charge in [0.05, 0.1) is 6.04 Å². The summed E-state index contributed by atoms with van der Waals surface area (Å²) < 4.78 is 0. The molecular weight excluding hydrogens is 368 g/mol. The van der Waals surface area contributed by atoms with Gasteiger partial charge in [0.25, 0.3) is 0 Å². The van der Waals surface area contributed by atoms with Crippen molar-refractivity contribution in [2.45, 2.75) is 12.5 Å². The molecule has 0 fully saturated rings. The molecule has 136 valence electrons. The maximum absolute atomic E-state index is 13.1. The lowest BCUT2D eigenvalue weighted by Gasteiger charge is -2.37. The lowest BCUT2D eigenvalue weighted by Crippen LogP contribution is -2.47. The van der Waals surface area contributed by atoms with Crippen molar-refractivity contribution in [3.8, 4) is 0 Å². The number of hydrogen-bond donors (Lipinski definition) is 0. The summed E-state index contributed by atoms with van der Waals surface area (Å²) in [5, 5.41) is 2.08. The fourth-order valence-electron chi connectivity index (χ4n) is 3.33. The van der Waals surface area contributed by atoms with Gasteiger partial charge in [0.2, 0.25) is 11.8 Å². The molecule has 1 unspecified atom stereocenters. The minimum atomic E-state index is -0.260. The Morgan fingerprint density at radius 2 is 2.08 bits per heavy atom. The van der Waals surface area contributed by atoms with Gasteiger partial charge in [-0.2, -0.15) is 0 Å². The third-order valence-electron chi connectivity index (χ3n) is 4.54. The van der Waals surface area contributed by atoms with E-state index in [2.05, 4.69) is 18.0 Å². The molecule has 1 aromatic carbocycles. The van der Waals surface area contributed by atoms with Crippen molar-refractivity contribution in [1.82, 2.24) is 9.80 Å². The van der Waals surface area contributed by atoms with Crippen LogP contribution in [0.1, 0.15) is 22.0 Å². The summed E-state index contributed by atoms with van der Waals surface area (Å²) in [6.45, 7) is 4.63. The lowest BCUT2D eigenvalue weighted by atomic mass is 9.93. The van der Waals surface area contributed by atoms with Crippen molar-refractivity contribution in [2.24, 2.45) is 0 Å². The smallest absolute Gasteiger partial charge is 0.243 e. The average Bonchev–Trinajstić information content (AvgIpc) is 3.15. The minimum absolute atomic E-state index is 0.0143. The van der Waals surface area contributed by atoms with E-state index >= 15 is 0 Å². The third-order valence-corrected chi connectivity index (χ3v) is 5.77. The lowest BCUT2D eigenvalue weighted by molar-refractivity contribution is -0.140. The maximum atomic E-state index is 13.1. The Balaban J connectivity index is 1.88. The van der Waals surface area contributed by atoms with Crippen LogP contribution in [0.5, 0.6) is 0 Å². The number of carbonyl (C=O) groups excluding carboxylic acids is 2.